The summed E-state index contributed by atoms with van der Waals surface area (Å²) in [6, 6.07) is 69.3. The molecule has 1 aromatic heterocycles. The Morgan fingerprint density at radius 2 is 0.692 bits per heavy atom. The van der Waals surface area contributed by atoms with E-state index in [1.165, 1.54) is 60.1 Å². The number of hydrogen-bond acceptors (Lipinski definition) is 2. The quantitative estimate of drug-likeness (QED) is 0.166. The molecule has 0 radical (unpaired) electrons. The molecule has 0 aliphatic carbocycles. The van der Waals surface area contributed by atoms with Crippen molar-refractivity contribution in [2.45, 2.75) is 0 Å². The van der Waals surface area contributed by atoms with Gasteiger partial charge in [-0.25, -0.2) is 9.97 Å². The van der Waals surface area contributed by atoms with Gasteiger partial charge in [-0.05, 0) is 77.8 Å². The molecule has 0 saturated carbocycles. The van der Waals surface area contributed by atoms with Gasteiger partial charge in [-0.3, -0.25) is 0 Å². The van der Waals surface area contributed by atoms with E-state index >= 15 is 0 Å². The Hall–Kier alpha value is -6.90. The van der Waals surface area contributed by atoms with Crippen molar-refractivity contribution >= 4 is 32.3 Å². The molecule has 10 rings (SSSR count). The van der Waals surface area contributed by atoms with Crippen molar-refractivity contribution in [1.29, 1.82) is 0 Å². The fraction of sp³-hybridized carbons (Fsp3) is 0. The molecule has 1 heterocycles. The molecule has 0 aliphatic rings. The molecule has 10 aromatic rings. The Morgan fingerprint density at radius 3 is 1.19 bits per heavy atom. The monoisotopic (exact) mass is 660 g/mol. The molecule has 0 N–H and O–H groups in total. The largest absolute Gasteiger partial charge is 0.228 e. The van der Waals surface area contributed by atoms with E-state index in [1.54, 1.807) is 0 Å². The van der Waals surface area contributed by atoms with Crippen molar-refractivity contribution in [3.8, 4) is 67.3 Å². The molecular formula is C50H32N2. The molecule has 2 nitrogen and oxygen atoms in total. The van der Waals surface area contributed by atoms with Gasteiger partial charge in [0.15, 0.2) is 5.82 Å². The highest BCUT2D eigenvalue weighted by molar-refractivity contribution is 6.28. The van der Waals surface area contributed by atoms with Crippen LogP contribution in [-0.4, -0.2) is 9.97 Å². The van der Waals surface area contributed by atoms with Crippen LogP contribution in [0, 0.1) is 0 Å². The van der Waals surface area contributed by atoms with E-state index in [2.05, 4.69) is 182 Å². The lowest BCUT2D eigenvalue weighted by Crippen LogP contribution is -1.96. The van der Waals surface area contributed by atoms with Crippen molar-refractivity contribution in [2.75, 3.05) is 0 Å². The van der Waals surface area contributed by atoms with Gasteiger partial charge in [-0.2, -0.15) is 0 Å². The number of benzene rings is 9. The van der Waals surface area contributed by atoms with E-state index < -0.39 is 0 Å². The summed E-state index contributed by atoms with van der Waals surface area (Å²) >= 11 is 0. The lowest BCUT2D eigenvalue weighted by molar-refractivity contribution is 1.18. The molecule has 0 atom stereocenters. The molecule has 0 unspecified atom stereocenters. The molecule has 0 fully saturated rings. The zero-order valence-corrected chi connectivity index (χ0v) is 28.4. The van der Waals surface area contributed by atoms with Crippen LogP contribution in [0.25, 0.3) is 99.6 Å². The Bertz CT molecular complexity index is 2770. The summed E-state index contributed by atoms with van der Waals surface area (Å²) in [5.74, 6) is 0.710. The number of nitrogens with zero attached hydrogens (tertiary/aromatic N) is 2. The van der Waals surface area contributed by atoms with E-state index in [1.807, 2.05) is 12.1 Å². The highest BCUT2D eigenvalue weighted by Gasteiger charge is 2.17. The summed E-state index contributed by atoms with van der Waals surface area (Å²) in [4.78, 5) is 10.2. The lowest BCUT2D eigenvalue weighted by atomic mass is 9.85. The molecule has 2 heteroatoms. The smallest absolute Gasteiger partial charge is 0.160 e. The van der Waals surface area contributed by atoms with Crippen molar-refractivity contribution in [2.24, 2.45) is 0 Å². The average molecular weight is 661 g/mol. The third-order valence-electron chi connectivity index (χ3n) is 10.3. The number of hydrogen-bond donors (Lipinski definition) is 0. The van der Waals surface area contributed by atoms with E-state index in [4.69, 9.17) is 9.97 Å². The molecule has 0 bridgehead atoms. The molecule has 0 amide bonds. The van der Waals surface area contributed by atoms with Gasteiger partial charge < -0.3 is 0 Å². The van der Waals surface area contributed by atoms with Crippen molar-refractivity contribution in [1.82, 2.24) is 9.97 Å². The van der Waals surface area contributed by atoms with Gasteiger partial charge in [0.05, 0.1) is 11.4 Å². The minimum Gasteiger partial charge on any atom is -0.228 e. The summed E-state index contributed by atoms with van der Waals surface area (Å²) in [5, 5.41) is 7.68. The van der Waals surface area contributed by atoms with E-state index in [-0.39, 0.29) is 0 Å². The summed E-state index contributed by atoms with van der Waals surface area (Å²) < 4.78 is 0. The lowest BCUT2D eigenvalue weighted by Gasteiger charge is -2.18. The summed E-state index contributed by atoms with van der Waals surface area (Å²) in [6.45, 7) is 0. The summed E-state index contributed by atoms with van der Waals surface area (Å²) in [5.41, 5.74) is 12.2. The highest BCUT2D eigenvalue weighted by Crippen LogP contribution is 2.44. The average Bonchev–Trinajstić information content (AvgIpc) is 3.23. The van der Waals surface area contributed by atoms with Crippen LogP contribution in [0.15, 0.2) is 194 Å². The first-order valence-electron chi connectivity index (χ1n) is 17.7. The van der Waals surface area contributed by atoms with Crippen LogP contribution in [-0.2, 0) is 0 Å². The summed E-state index contributed by atoms with van der Waals surface area (Å²) in [6.07, 6.45) is 0. The standard InChI is InChI=1S/C50H32N2/c1-4-11-33(12-5-1)34-19-21-35(22-20-34)44-31-45(43-30-28-40-18-10-17-39-27-29-42(44)49(43)48(39)40)36-23-25-41(26-24-36)50-51-46(37-13-6-2-7-14-37)32-47(52-50)38-15-8-3-9-16-38/h1-32H. The van der Waals surface area contributed by atoms with Crippen LogP contribution < -0.4 is 0 Å². The highest BCUT2D eigenvalue weighted by atomic mass is 14.9. The van der Waals surface area contributed by atoms with Gasteiger partial charge in [-0.15, -0.1) is 0 Å². The van der Waals surface area contributed by atoms with Crippen molar-refractivity contribution < 1.29 is 0 Å². The van der Waals surface area contributed by atoms with Crippen LogP contribution in [0.4, 0.5) is 0 Å². The SMILES string of the molecule is c1ccc(-c2ccc(-c3cc(-c4ccc(-c5nc(-c6ccccc6)cc(-c6ccccc6)n5)cc4)c4ccc5cccc6ccc3c4c65)cc2)cc1. The second kappa shape index (κ2) is 12.5. The second-order valence-corrected chi connectivity index (χ2v) is 13.4. The van der Waals surface area contributed by atoms with Crippen LogP contribution in [0.3, 0.4) is 0 Å². The normalized spacial score (nSPS) is 11.5. The van der Waals surface area contributed by atoms with E-state index in [9.17, 15) is 0 Å². The maximum absolute atomic E-state index is 5.08. The molecular weight excluding hydrogens is 629 g/mol. The van der Waals surface area contributed by atoms with Crippen LogP contribution in [0.1, 0.15) is 0 Å². The zero-order chi connectivity index (χ0) is 34.4. The fourth-order valence-corrected chi connectivity index (χ4v) is 7.67. The predicted octanol–water partition coefficient (Wildman–Crippen LogP) is 13.4. The first kappa shape index (κ1) is 30.0. The Kier molecular flexibility index (Phi) is 7.18. The molecule has 0 spiro atoms. The first-order valence-corrected chi connectivity index (χ1v) is 17.7. The maximum Gasteiger partial charge on any atom is 0.160 e. The zero-order valence-electron chi connectivity index (χ0n) is 28.4. The van der Waals surface area contributed by atoms with E-state index in [0.717, 1.165) is 33.6 Å². The predicted molar refractivity (Wildman–Crippen MR) is 218 cm³/mol. The first-order chi connectivity index (χ1) is 25.8. The van der Waals surface area contributed by atoms with Gasteiger partial charge in [-0.1, -0.05) is 182 Å². The third kappa shape index (κ3) is 5.21. The Morgan fingerprint density at radius 1 is 0.269 bits per heavy atom. The molecule has 9 aromatic carbocycles. The third-order valence-corrected chi connectivity index (χ3v) is 10.3. The Balaban J connectivity index is 1.13. The van der Waals surface area contributed by atoms with Crippen LogP contribution >= 0.6 is 0 Å². The molecule has 242 valence electrons. The van der Waals surface area contributed by atoms with E-state index in [0.29, 0.717) is 5.82 Å². The van der Waals surface area contributed by atoms with Gasteiger partial charge in [0, 0.05) is 16.7 Å². The van der Waals surface area contributed by atoms with Crippen molar-refractivity contribution in [3.63, 3.8) is 0 Å². The summed E-state index contributed by atoms with van der Waals surface area (Å²) in [7, 11) is 0. The number of rotatable bonds is 6. The topological polar surface area (TPSA) is 25.8 Å². The minimum atomic E-state index is 0.710. The Labute approximate surface area is 302 Å². The van der Waals surface area contributed by atoms with Crippen LogP contribution in [0.2, 0.25) is 0 Å². The van der Waals surface area contributed by atoms with Gasteiger partial charge >= 0.3 is 0 Å². The molecule has 0 aliphatic heterocycles. The van der Waals surface area contributed by atoms with Crippen LogP contribution in [0.5, 0.6) is 0 Å². The minimum absolute atomic E-state index is 0.710. The van der Waals surface area contributed by atoms with Crippen molar-refractivity contribution in [3.05, 3.63) is 194 Å². The molecule has 0 saturated heterocycles. The van der Waals surface area contributed by atoms with Gasteiger partial charge in [0.25, 0.3) is 0 Å². The fourth-order valence-electron chi connectivity index (χ4n) is 7.67. The maximum atomic E-state index is 5.08. The van der Waals surface area contributed by atoms with Gasteiger partial charge in [0.2, 0.25) is 0 Å². The van der Waals surface area contributed by atoms with Gasteiger partial charge in [0.1, 0.15) is 0 Å². The second-order valence-electron chi connectivity index (χ2n) is 13.4. The molecule has 52 heavy (non-hydrogen) atoms. The number of aromatic nitrogens is 2.